The Labute approximate surface area is 122 Å². The van der Waals surface area contributed by atoms with Crippen LogP contribution in [0, 0.1) is 11.6 Å². The average molecular weight is 341 g/mol. The van der Waals surface area contributed by atoms with Crippen LogP contribution in [0.4, 0.5) is 14.5 Å². The Balaban J connectivity index is 2.20. The first-order chi connectivity index (χ1) is 9.49. The Morgan fingerprint density at radius 2 is 1.85 bits per heavy atom. The number of halogens is 3. The molecule has 0 fully saturated rings. The normalized spacial score (nSPS) is 12.0. The Kier molecular flexibility index (Phi) is 4.46. The van der Waals surface area contributed by atoms with Gasteiger partial charge in [-0.2, -0.15) is 0 Å². The van der Waals surface area contributed by atoms with Gasteiger partial charge in [0.2, 0.25) is 5.91 Å². The molecule has 0 radical (unpaired) electrons. The molecular formula is C14H11BrF2N2O. The van der Waals surface area contributed by atoms with E-state index >= 15 is 0 Å². The Hall–Kier alpha value is -1.79. The van der Waals surface area contributed by atoms with Crippen LogP contribution in [0.3, 0.4) is 0 Å². The second kappa shape index (κ2) is 6.11. The zero-order chi connectivity index (χ0) is 14.7. The number of rotatable bonds is 3. The first kappa shape index (κ1) is 14.6. The second-order valence-corrected chi connectivity index (χ2v) is 4.98. The number of amides is 1. The third kappa shape index (κ3) is 3.20. The SMILES string of the molecule is N[C@H](C(=O)Nc1c(F)cc(F)cc1Br)c1ccccc1. The van der Waals surface area contributed by atoms with Gasteiger partial charge in [0.15, 0.2) is 5.82 Å². The van der Waals surface area contributed by atoms with E-state index in [9.17, 15) is 13.6 Å². The summed E-state index contributed by atoms with van der Waals surface area (Å²) < 4.78 is 26.7. The predicted molar refractivity (Wildman–Crippen MR) is 76.1 cm³/mol. The minimum atomic E-state index is -0.937. The van der Waals surface area contributed by atoms with Crippen molar-refractivity contribution in [1.82, 2.24) is 0 Å². The first-order valence-corrected chi connectivity index (χ1v) is 6.54. The number of carbonyl (C=O) groups excluding carboxylic acids is 1. The Bertz CT molecular complexity index is 611. The Morgan fingerprint density at radius 3 is 2.45 bits per heavy atom. The zero-order valence-electron chi connectivity index (χ0n) is 10.2. The van der Waals surface area contributed by atoms with Gasteiger partial charge in [0, 0.05) is 10.5 Å². The lowest BCUT2D eigenvalue weighted by atomic mass is 10.1. The number of nitrogens with two attached hydrogens (primary N) is 1. The van der Waals surface area contributed by atoms with E-state index in [1.54, 1.807) is 30.3 Å². The van der Waals surface area contributed by atoms with E-state index in [0.717, 1.165) is 6.07 Å². The van der Waals surface area contributed by atoms with Crippen molar-refractivity contribution in [1.29, 1.82) is 0 Å². The standard InChI is InChI=1S/C14H11BrF2N2O/c15-10-6-9(16)7-11(17)13(10)19-14(20)12(18)8-4-2-1-3-5-8/h1-7,12H,18H2,(H,19,20)/t12-/m0/s1. The molecule has 0 aliphatic carbocycles. The van der Waals surface area contributed by atoms with Crippen molar-refractivity contribution in [3.63, 3.8) is 0 Å². The lowest BCUT2D eigenvalue weighted by molar-refractivity contribution is -0.117. The van der Waals surface area contributed by atoms with Crippen molar-refractivity contribution in [2.45, 2.75) is 6.04 Å². The van der Waals surface area contributed by atoms with Crippen LogP contribution >= 0.6 is 15.9 Å². The summed E-state index contributed by atoms with van der Waals surface area (Å²) >= 11 is 3.00. The molecule has 3 nitrogen and oxygen atoms in total. The van der Waals surface area contributed by atoms with Crippen LogP contribution in [0.2, 0.25) is 0 Å². The van der Waals surface area contributed by atoms with E-state index < -0.39 is 23.6 Å². The molecule has 0 aliphatic heterocycles. The van der Waals surface area contributed by atoms with Gasteiger partial charge in [0.25, 0.3) is 0 Å². The fourth-order valence-electron chi connectivity index (χ4n) is 1.67. The molecule has 1 amide bonds. The molecule has 0 saturated heterocycles. The van der Waals surface area contributed by atoms with Gasteiger partial charge in [-0.3, -0.25) is 4.79 Å². The maximum absolute atomic E-state index is 13.6. The maximum Gasteiger partial charge on any atom is 0.245 e. The van der Waals surface area contributed by atoms with Crippen LogP contribution in [0.15, 0.2) is 46.9 Å². The van der Waals surface area contributed by atoms with Crippen molar-refractivity contribution in [3.05, 3.63) is 64.1 Å². The highest BCUT2D eigenvalue weighted by Gasteiger charge is 2.19. The number of hydrogen-bond acceptors (Lipinski definition) is 2. The molecule has 1 atom stereocenters. The summed E-state index contributed by atoms with van der Waals surface area (Å²) in [5, 5.41) is 2.35. The van der Waals surface area contributed by atoms with Crippen LogP contribution in [0.1, 0.15) is 11.6 Å². The highest BCUT2D eigenvalue weighted by Crippen LogP contribution is 2.27. The predicted octanol–water partition coefficient (Wildman–Crippen LogP) is 3.37. The topological polar surface area (TPSA) is 55.1 Å². The molecule has 2 aromatic rings. The summed E-state index contributed by atoms with van der Waals surface area (Å²) in [5.41, 5.74) is 6.26. The third-order valence-electron chi connectivity index (χ3n) is 2.70. The molecule has 0 spiro atoms. The molecule has 2 rings (SSSR count). The van der Waals surface area contributed by atoms with Gasteiger partial charge in [0.1, 0.15) is 11.9 Å². The van der Waals surface area contributed by atoms with E-state index in [1.165, 1.54) is 0 Å². The molecule has 6 heteroatoms. The monoisotopic (exact) mass is 340 g/mol. The Morgan fingerprint density at radius 1 is 1.20 bits per heavy atom. The highest BCUT2D eigenvalue weighted by molar-refractivity contribution is 9.10. The van der Waals surface area contributed by atoms with Crippen LogP contribution in [-0.4, -0.2) is 5.91 Å². The summed E-state index contributed by atoms with van der Waals surface area (Å²) in [4.78, 5) is 12.0. The minimum absolute atomic E-state index is 0.114. The van der Waals surface area contributed by atoms with Crippen molar-refractivity contribution < 1.29 is 13.6 Å². The molecule has 104 valence electrons. The van der Waals surface area contributed by atoms with Gasteiger partial charge in [0.05, 0.1) is 5.69 Å². The van der Waals surface area contributed by atoms with E-state index in [-0.39, 0.29) is 10.2 Å². The minimum Gasteiger partial charge on any atom is -0.321 e. The summed E-state index contributed by atoms with van der Waals surface area (Å²) in [5.74, 6) is -2.19. The fraction of sp³-hybridized carbons (Fsp3) is 0.0714. The molecule has 0 aliphatic rings. The van der Waals surface area contributed by atoms with Gasteiger partial charge in [-0.1, -0.05) is 30.3 Å². The fourth-order valence-corrected chi connectivity index (χ4v) is 2.18. The van der Waals surface area contributed by atoms with Gasteiger partial charge in [-0.25, -0.2) is 8.78 Å². The quantitative estimate of drug-likeness (QED) is 0.899. The maximum atomic E-state index is 13.6. The number of nitrogens with one attached hydrogen (secondary N) is 1. The van der Waals surface area contributed by atoms with E-state index in [0.29, 0.717) is 11.6 Å². The zero-order valence-corrected chi connectivity index (χ0v) is 11.8. The average Bonchev–Trinajstić information content (AvgIpc) is 2.42. The molecule has 0 aromatic heterocycles. The van der Waals surface area contributed by atoms with Crippen molar-refractivity contribution >= 4 is 27.5 Å². The smallest absolute Gasteiger partial charge is 0.245 e. The molecule has 0 bridgehead atoms. The molecule has 2 aromatic carbocycles. The molecule has 0 unspecified atom stereocenters. The van der Waals surface area contributed by atoms with Gasteiger partial charge in [-0.05, 0) is 27.6 Å². The summed E-state index contributed by atoms with van der Waals surface area (Å²) in [7, 11) is 0. The van der Waals surface area contributed by atoms with Crippen molar-refractivity contribution in [2.75, 3.05) is 5.32 Å². The number of anilines is 1. The summed E-state index contributed by atoms with van der Waals surface area (Å²) in [6.07, 6.45) is 0. The van der Waals surface area contributed by atoms with E-state index in [4.69, 9.17) is 5.73 Å². The van der Waals surface area contributed by atoms with Crippen LogP contribution in [0.5, 0.6) is 0 Å². The van der Waals surface area contributed by atoms with Crippen LogP contribution in [0.25, 0.3) is 0 Å². The van der Waals surface area contributed by atoms with Crippen molar-refractivity contribution in [3.8, 4) is 0 Å². The van der Waals surface area contributed by atoms with Gasteiger partial charge >= 0.3 is 0 Å². The van der Waals surface area contributed by atoms with Crippen LogP contribution in [-0.2, 0) is 4.79 Å². The highest BCUT2D eigenvalue weighted by atomic mass is 79.9. The molecule has 0 saturated carbocycles. The summed E-state index contributed by atoms with van der Waals surface area (Å²) in [6, 6.07) is 9.49. The molecular weight excluding hydrogens is 330 g/mol. The second-order valence-electron chi connectivity index (χ2n) is 4.12. The van der Waals surface area contributed by atoms with Crippen molar-refractivity contribution in [2.24, 2.45) is 5.73 Å². The molecule has 0 heterocycles. The van der Waals surface area contributed by atoms with Crippen LogP contribution < -0.4 is 11.1 Å². The number of hydrogen-bond donors (Lipinski definition) is 2. The van der Waals surface area contributed by atoms with E-state index in [1.807, 2.05) is 0 Å². The molecule has 20 heavy (non-hydrogen) atoms. The largest absolute Gasteiger partial charge is 0.321 e. The van der Waals surface area contributed by atoms with E-state index in [2.05, 4.69) is 21.2 Å². The molecule has 3 N–H and O–H groups in total. The van der Waals surface area contributed by atoms with Gasteiger partial charge < -0.3 is 11.1 Å². The third-order valence-corrected chi connectivity index (χ3v) is 3.32. The summed E-state index contributed by atoms with van der Waals surface area (Å²) in [6.45, 7) is 0. The lowest BCUT2D eigenvalue weighted by Crippen LogP contribution is -2.28. The number of benzene rings is 2. The lowest BCUT2D eigenvalue weighted by Gasteiger charge is -2.14. The van der Waals surface area contributed by atoms with Gasteiger partial charge in [-0.15, -0.1) is 0 Å². The number of carbonyl (C=O) groups is 1. The first-order valence-electron chi connectivity index (χ1n) is 5.75.